The van der Waals surface area contributed by atoms with Gasteiger partial charge in [0.2, 0.25) is 44.2 Å². The number of carboxylic acid groups (broad SMARTS) is 1. The molecule has 44 nitrogen and oxygen atoms in total. The number of aliphatic hydroxyl groups excluding tert-OH is 2. The number of aryl methyl sites for hydroxylation is 10. The summed E-state index contributed by atoms with van der Waals surface area (Å²) in [6.45, 7) is 25.1. The van der Waals surface area contributed by atoms with Crippen LogP contribution in [0.1, 0.15) is 87.0 Å². The standard InChI is InChI=1S/C20H36N4O2.C8H15N2.3C6H11N2.C5H9N2.3C2F6NO4S2.C2H7O4P.C2H4O2.CHF3O3S.H2O4S/c1-3-5-7-21-9-11-23(19-21)13-15-25-17-18-26-16-14-24-12-10-22(20-24)8-6-4-2;1-3-4-5-10-7-6-9(2)8-10;3*1-3-8-5-4-7(2)6-8;1-6-3-4-7(2)5-6;3*3-1(4,5)14(10,11)9-15(12,13)2(6,7)8;3-1-7(5,6)2-4;1-2(3)4;2-1(3,4)8(5,6)7;1-4-5(2)3/h9-12,19-20H,3-8,13-18H2,1-2H3;6-8H,3-5H2,1-2H3;3*4-6H,3H2,1-2H3;3-5H,1-2H3;;;;3-4H,1-2H2,(H,5,6);1H3,(H,3,4);(H,5,6,7);1H,(H,2,3)/q+2;5*+1;3*-1;;;;/p-4. The van der Waals surface area contributed by atoms with Gasteiger partial charge in [0.05, 0.1) is 133 Å². The number of unbranched alkanes of at least 4 members (excludes halogenated alkanes) is 3. The number of carbonyl (C=O) groups excluding carboxylic acids is 1. The monoisotopic (exact) mass is 2200 g/mol. The van der Waals surface area contributed by atoms with Gasteiger partial charge >= 0.3 is 44.9 Å². The van der Waals surface area contributed by atoms with Crippen molar-refractivity contribution in [3.05, 3.63) is 137 Å². The topological polar surface area (TPSA) is 576 Å². The number of ether oxygens (including phenoxy) is 2. The highest BCUT2D eigenvalue weighted by atomic mass is 32.3. The quantitative estimate of drug-likeness (QED) is 0.00661. The Morgan fingerprint density at radius 2 is 0.713 bits per heavy atom. The van der Waals surface area contributed by atoms with Crippen LogP contribution in [0.3, 0.4) is 0 Å². The van der Waals surface area contributed by atoms with E-state index >= 15 is 0 Å². The van der Waals surface area contributed by atoms with Gasteiger partial charge in [0.15, 0.2) is 83.0 Å². The molecule has 2 unspecified atom stereocenters. The van der Waals surface area contributed by atoms with Gasteiger partial charge in [0.1, 0.15) is 87.5 Å². The molecule has 0 saturated heterocycles. The van der Waals surface area contributed by atoms with Crippen molar-refractivity contribution < 1.29 is 250 Å². The molecule has 0 saturated carbocycles. The molecule has 7 heterocycles. The van der Waals surface area contributed by atoms with Crippen molar-refractivity contribution >= 4 is 101 Å². The second-order valence-electron chi connectivity index (χ2n) is 25.5. The van der Waals surface area contributed by atoms with E-state index in [0.29, 0.717) is 13.2 Å². The van der Waals surface area contributed by atoms with Crippen molar-refractivity contribution in [3.63, 3.8) is 0 Å². The first-order chi connectivity index (χ1) is 61.4. The molecular weight excluding hydrogens is 2100 g/mol. The van der Waals surface area contributed by atoms with E-state index in [1.807, 2.05) is 84.6 Å². The number of alkyl halides is 21. The molecule has 2 atom stereocenters. The lowest BCUT2D eigenvalue weighted by Crippen LogP contribution is -3.02. The Morgan fingerprint density at radius 3 is 0.875 bits per heavy atom. The minimum absolute atomic E-state index is 0.652. The molecule has 0 aliphatic carbocycles. The lowest BCUT2D eigenvalue weighted by molar-refractivity contribution is -0.724. The first kappa shape index (κ1) is 139. The molecule has 6 aromatic heterocycles. The fourth-order valence-electron chi connectivity index (χ4n) is 7.12. The molecule has 0 bridgehead atoms. The van der Waals surface area contributed by atoms with Gasteiger partial charge in [0, 0.05) is 5.97 Å². The summed E-state index contributed by atoms with van der Waals surface area (Å²) in [7, 11) is -38.0. The van der Waals surface area contributed by atoms with Crippen molar-refractivity contribution in [3.8, 4) is 0 Å². The lowest BCUT2D eigenvalue weighted by atomic mass is 10.3. The highest BCUT2D eigenvalue weighted by Gasteiger charge is 2.50. The van der Waals surface area contributed by atoms with Crippen LogP contribution < -0.4 is 47.6 Å². The SMILES string of the molecule is CC(=O)[O-].CCCC[n+]1ccn(CCOCCOCCn2cc[n+](CCCC)c2)c1.CCCCn1cc[n+](C)c1.CC[N+]1=C[NH+](C)C=C1.CCn1cc[n+](C)c1.CCn1cc[n+](C)c1.Cn1cc[n+](C)c1.O=P([O-])(CO)CO.O=S(=O)([N-]S(=O)(=O)C(F)(F)F)C(F)(F)F.O=S(=O)([N-]S(=O)(=O)C(F)(F)F)C(F)(F)F.O=S(=O)([N-]S(=O)(=O)C(F)(F)F)C(F)(F)F.O=S(=O)([O-])C(F)(F)F.O=S([O-])O[O-]. The average molecular weight is 2210 g/mol. The van der Waals surface area contributed by atoms with Crippen molar-refractivity contribution in [1.82, 2.24) is 27.4 Å². The molecule has 0 aromatic carbocycles. The third kappa shape index (κ3) is 65.9. The predicted octanol–water partition coefficient (Wildman–Crippen LogP) is 1.45. The van der Waals surface area contributed by atoms with Gasteiger partial charge in [0.25, 0.3) is 0 Å². The predicted molar refractivity (Wildman–Crippen MR) is 421 cm³/mol. The number of carbonyl (C=O) groups is 1. The Labute approximate surface area is 771 Å². The van der Waals surface area contributed by atoms with Crippen LogP contribution in [0.5, 0.6) is 0 Å². The zero-order valence-corrected chi connectivity index (χ0v) is 81.1. The number of aliphatic hydroxyl groups is 2. The first-order valence-corrected chi connectivity index (χ1v) is 50.0. The van der Waals surface area contributed by atoms with E-state index in [1.165, 1.54) is 43.4 Å². The molecule has 0 spiro atoms. The third-order valence-electron chi connectivity index (χ3n) is 13.6. The van der Waals surface area contributed by atoms with Gasteiger partial charge in [-0.3, -0.25) is 0 Å². The van der Waals surface area contributed by atoms with E-state index in [4.69, 9.17) is 56.6 Å². The summed E-state index contributed by atoms with van der Waals surface area (Å²) in [6.07, 6.45) is 49.2. The van der Waals surface area contributed by atoms with Gasteiger partial charge in [-0.05, 0) is 47.0 Å². The Hall–Kier alpha value is -7.82. The van der Waals surface area contributed by atoms with Crippen LogP contribution in [0.15, 0.2) is 125 Å². The second-order valence-corrected chi connectivity index (χ2v) is 39.9. The summed E-state index contributed by atoms with van der Waals surface area (Å²) < 4.78 is 455. The first-order valence-electron chi connectivity index (χ1n) is 37.0. The number of quaternary nitrogens is 1. The van der Waals surface area contributed by atoms with Gasteiger partial charge in [-0.25, -0.2) is 123 Å². The molecule has 1 aliphatic heterocycles. The normalized spacial score (nSPS) is 13.3. The number of halogens is 21. The summed E-state index contributed by atoms with van der Waals surface area (Å²) >= 11 is -2.88. The number of sulfonamides is 6. The van der Waals surface area contributed by atoms with Crippen LogP contribution in [0, 0.1) is 0 Å². The number of aliphatic carboxylic acids is 1. The summed E-state index contributed by atoms with van der Waals surface area (Å²) in [4.78, 5) is 20.1. The maximum atomic E-state index is 11.4. The molecule has 1 aliphatic rings. The summed E-state index contributed by atoms with van der Waals surface area (Å²) in [5.74, 6) is -1.08. The van der Waals surface area contributed by atoms with E-state index in [9.17, 15) is 152 Å². The largest absolute Gasteiger partial charge is 0.796 e. The van der Waals surface area contributed by atoms with Crippen molar-refractivity contribution in [2.75, 3.05) is 52.7 Å². The summed E-state index contributed by atoms with van der Waals surface area (Å²) in [6, 6.07) is 0. The zero-order chi connectivity index (χ0) is 108. The molecule has 136 heavy (non-hydrogen) atoms. The fraction of sp³-hybridized carbons (Fsp3) is 0.645. The third-order valence-corrected chi connectivity index (χ3v) is 23.4. The fourth-order valence-corrected chi connectivity index (χ4v) is 12.3. The van der Waals surface area contributed by atoms with Crippen molar-refractivity contribution in [2.45, 2.75) is 171 Å². The van der Waals surface area contributed by atoms with E-state index in [-0.39, 0.29) is 0 Å². The number of carboxylic acids is 1. The van der Waals surface area contributed by atoms with Crippen LogP contribution >= 0.6 is 7.37 Å². The van der Waals surface area contributed by atoms with E-state index in [2.05, 4.69) is 194 Å². The summed E-state index contributed by atoms with van der Waals surface area (Å²) in [5, 5.41) is 33.1. The van der Waals surface area contributed by atoms with Gasteiger partial charge in [-0.2, -0.15) is 96.8 Å². The number of nitrogens with zero attached hydrogens (tertiary/aromatic N) is 16. The number of rotatable bonds is 30. The molecule has 7 rings (SSSR count). The lowest BCUT2D eigenvalue weighted by Gasteiger charge is -2.22. The highest BCUT2D eigenvalue weighted by molar-refractivity contribution is 8.14. The van der Waals surface area contributed by atoms with Crippen LogP contribution in [0.2, 0.25) is 0 Å². The molecule has 0 radical (unpaired) electrons. The number of imidazole rings is 6. The van der Waals surface area contributed by atoms with Crippen LogP contribution in [-0.4, -0.2) is 218 Å². The minimum Gasteiger partial charge on any atom is -0.796 e. The molecule has 0 fully saturated rings. The Kier molecular flexibility index (Phi) is 65.9. The molecule has 798 valence electrons. The average Bonchev–Trinajstić information content (AvgIpc) is 1.02. The Bertz CT molecular complexity index is 4910. The van der Waals surface area contributed by atoms with Crippen LogP contribution in [-0.2, 0) is 186 Å². The number of nitrogens with one attached hydrogen (secondary N) is 1. The Balaban J connectivity index is -0.000000347. The van der Waals surface area contributed by atoms with Crippen molar-refractivity contribution in [2.24, 2.45) is 35.2 Å². The van der Waals surface area contributed by atoms with E-state index in [1.54, 1.807) is 0 Å². The minimum atomic E-state index is -6.72. The van der Waals surface area contributed by atoms with E-state index in [0.717, 1.165) is 84.9 Å². The van der Waals surface area contributed by atoms with Gasteiger partial charge in [-0.15, -0.1) is 0 Å². The van der Waals surface area contributed by atoms with Crippen LogP contribution in [0.4, 0.5) is 92.2 Å². The maximum absolute atomic E-state index is 11.4. The zero-order valence-electron chi connectivity index (χ0n) is 73.7. The molecule has 74 heteroatoms. The maximum Gasteiger partial charge on any atom is 0.485 e. The molecule has 0 amide bonds. The van der Waals surface area contributed by atoms with Gasteiger partial charge < -0.3 is 70.1 Å². The number of aromatic nitrogens is 12. The molecule has 3 N–H and O–H groups in total. The molecule has 6 aromatic rings. The summed E-state index contributed by atoms with van der Waals surface area (Å²) in [5.41, 5.74) is -42.9. The van der Waals surface area contributed by atoms with E-state index < -0.39 is 146 Å². The molecular formula is C62H103F21N17O27PS8. The number of hydrogen-bond donors (Lipinski definition) is 3. The second kappa shape index (κ2) is 64.5. The number of hydrogen-bond acceptors (Lipinski definition) is 27. The van der Waals surface area contributed by atoms with Crippen LogP contribution in [0.25, 0.3) is 12.4 Å². The smallest absolute Gasteiger partial charge is 0.485 e. The highest BCUT2D eigenvalue weighted by Crippen LogP contribution is 2.39. The Morgan fingerprint density at radius 1 is 0.456 bits per heavy atom. The van der Waals surface area contributed by atoms with Crippen molar-refractivity contribution in [1.29, 1.82) is 0 Å². The van der Waals surface area contributed by atoms with Gasteiger partial charge in [-0.1, -0.05) is 40.0 Å².